The summed E-state index contributed by atoms with van der Waals surface area (Å²) in [6.45, 7) is 4.94. The molecule has 0 spiro atoms. The maximum atomic E-state index is 14.3. The summed E-state index contributed by atoms with van der Waals surface area (Å²) in [6, 6.07) is 45.3. The van der Waals surface area contributed by atoms with Gasteiger partial charge in [-0.1, -0.05) is 86.6 Å². The molecular formula is C45H42N4O5. The zero-order valence-electron chi connectivity index (χ0n) is 30.2. The van der Waals surface area contributed by atoms with E-state index in [1.807, 2.05) is 80.6 Å². The molecule has 0 aliphatic heterocycles. The molecule has 3 amide bonds. The molecule has 9 heteroatoms. The van der Waals surface area contributed by atoms with E-state index in [9.17, 15) is 19.2 Å². The molecule has 54 heavy (non-hydrogen) atoms. The van der Waals surface area contributed by atoms with Crippen molar-refractivity contribution in [2.24, 2.45) is 5.92 Å². The number of nitrogens with zero attached hydrogens (tertiary/aromatic N) is 2. The summed E-state index contributed by atoms with van der Waals surface area (Å²) in [7, 11) is 0. The molecule has 0 saturated carbocycles. The van der Waals surface area contributed by atoms with E-state index in [-0.39, 0.29) is 23.3 Å². The van der Waals surface area contributed by atoms with Gasteiger partial charge in [-0.15, -0.1) is 0 Å². The van der Waals surface area contributed by atoms with Gasteiger partial charge in [0.1, 0.15) is 6.54 Å². The lowest BCUT2D eigenvalue weighted by Crippen LogP contribution is -2.34. The summed E-state index contributed by atoms with van der Waals surface area (Å²) in [4.78, 5) is 55.0. The van der Waals surface area contributed by atoms with E-state index < -0.39 is 18.4 Å². The summed E-state index contributed by atoms with van der Waals surface area (Å²) >= 11 is 0. The topological polar surface area (TPSA) is 119 Å². The van der Waals surface area contributed by atoms with Crippen LogP contribution in [-0.4, -0.2) is 41.9 Å². The minimum Gasteiger partial charge on any atom is -0.480 e. The maximum Gasteiger partial charge on any atom is 0.322 e. The molecule has 6 aromatic rings. The van der Waals surface area contributed by atoms with E-state index in [1.165, 1.54) is 0 Å². The van der Waals surface area contributed by atoms with Gasteiger partial charge >= 0.3 is 5.97 Å². The number of nitrogens with one attached hydrogen (secondary N) is 2. The standard InChI is InChI=1S/C45H42N4O5/c1-31(2)29-48(39-23-17-34(18-24-39)43(52)47-28-42(50)51)44(53)36-19-25-40(26-20-36)49(30-37-13-8-12-33-11-6-7-14-41(33)37)45(54)35-15-21-38(22-16-35)46-27-32-9-4-3-5-10-32/h3-26,31,46H,27-30H2,1-2H3,(H,47,52)(H,50,51). The van der Waals surface area contributed by atoms with Crippen LogP contribution < -0.4 is 20.4 Å². The van der Waals surface area contributed by atoms with Crippen molar-refractivity contribution < 1.29 is 24.3 Å². The SMILES string of the molecule is CC(C)CN(C(=O)c1ccc(N(Cc2cccc3ccccc23)C(=O)c2ccc(NCc3ccccc3)cc2)cc1)c1ccc(C(=O)NCC(=O)O)cc1. The van der Waals surface area contributed by atoms with Gasteiger partial charge in [-0.25, -0.2) is 0 Å². The Morgan fingerprint density at radius 3 is 1.81 bits per heavy atom. The van der Waals surface area contributed by atoms with Gasteiger partial charge in [0.15, 0.2) is 0 Å². The second-order valence-electron chi connectivity index (χ2n) is 13.4. The number of carbonyl (C=O) groups is 4. The van der Waals surface area contributed by atoms with E-state index in [0.717, 1.165) is 27.6 Å². The van der Waals surface area contributed by atoms with Crippen molar-refractivity contribution in [3.8, 4) is 0 Å². The van der Waals surface area contributed by atoms with Crippen LogP contribution in [0.5, 0.6) is 0 Å². The average Bonchev–Trinajstić information content (AvgIpc) is 3.20. The Labute approximate surface area is 314 Å². The first-order chi connectivity index (χ1) is 26.2. The molecule has 3 N–H and O–H groups in total. The zero-order chi connectivity index (χ0) is 38.0. The molecule has 0 unspecified atom stereocenters. The fourth-order valence-electron chi connectivity index (χ4n) is 6.23. The molecule has 0 radical (unpaired) electrons. The number of carboxylic acids is 1. The third kappa shape index (κ3) is 9.18. The molecule has 6 aromatic carbocycles. The van der Waals surface area contributed by atoms with Crippen LogP contribution in [0, 0.1) is 5.92 Å². The van der Waals surface area contributed by atoms with Gasteiger partial charge in [-0.05, 0) is 101 Å². The number of carboxylic acid groups (broad SMARTS) is 1. The summed E-state index contributed by atoms with van der Waals surface area (Å²) in [5, 5.41) is 16.8. The van der Waals surface area contributed by atoms with Crippen molar-refractivity contribution in [3.63, 3.8) is 0 Å². The van der Waals surface area contributed by atoms with Crippen molar-refractivity contribution in [1.29, 1.82) is 0 Å². The monoisotopic (exact) mass is 718 g/mol. The van der Waals surface area contributed by atoms with Crippen LogP contribution in [0.1, 0.15) is 56.0 Å². The quantitative estimate of drug-likeness (QED) is 0.104. The van der Waals surface area contributed by atoms with E-state index in [2.05, 4.69) is 41.0 Å². The Balaban J connectivity index is 1.26. The molecule has 0 aromatic heterocycles. The molecule has 0 aliphatic rings. The summed E-state index contributed by atoms with van der Waals surface area (Å²) in [6.07, 6.45) is 0. The van der Waals surface area contributed by atoms with Crippen molar-refractivity contribution in [3.05, 3.63) is 173 Å². The van der Waals surface area contributed by atoms with Gasteiger partial charge in [0.25, 0.3) is 17.7 Å². The predicted molar refractivity (Wildman–Crippen MR) is 214 cm³/mol. The van der Waals surface area contributed by atoms with Gasteiger partial charge in [0.05, 0.1) is 6.54 Å². The Morgan fingerprint density at radius 2 is 1.17 bits per heavy atom. The largest absolute Gasteiger partial charge is 0.480 e. The molecule has 0 fully saturated rings. The van der Waals surface area contributed by atoms with Gasteiger partial charge in [-0.2, -0.15) is 0 Å². The number of carbonyl (C=O) groups excluding carboxylic acids is 3. The minimum atomic E-state index is -1.14. The van der Waals surface area contributed by atoms with Crippen molar-refractivity contribution >= 4 is 51.5 Å². The van der Waals surface area contributed by atoms with Gasteiger partial charge in [0.2, 0.25) is 0 Å². The van der Waals surface area contributed by atoms with Crippen LogP contribution in [0.2, 0.25) is 0 Å². The Hall–Kier alpha value is -6.74. The van der Waals surface area contributed by atoms with Crippen LogP contribution in [-0.2, 0) is 17.9 Å². The number of rotatable bonds is 14. The average molecular weight is 719 g/mol. The molecule has 0 heterocycles. The maximum absolute atomic E-state index is 14.3. The Morgan fingerprint density at radius 1 is 0.611 bits per heavy atom. The lowest BCUT2D eigenvalue weighted by atomic mass is 10.0. The predicted octanol–water partition coefficient (Wildman–Crippen LogP) is 8.42. The zero-order valence-corrected chi connectivity index (χ0v) is 30.2. The van der Waals surface area contributed by atoms with Crippen LogP contribution in [0.4, 0.5) is 17.1 Å². The summed E-state index contributed by atoms with van der Waals surface area (Å²) in [5.41, 5.74) is 5.55. The first-order valence-electron chi connectivity index (χ1n) is 17.8. The molecule has 0 bridgehead atoms. The number of fused-ring (bicyclic) bond motifs is 1. The van der Waals surface area contributed by atoms with Crippen LogP contribution in [0.25, 0.3) is 10.8 Å². The van der Waals surface area contributed by atoms with E-state index >= 15 is 0 Å². The highest BCUT2D eigenvalue weighted by Gasteiger charge is 2.23. The van der Waals surface area contributed by atoms with E-state index in [0.29, 0.717) is 42.1 Å². The second kappa shape index (κ2) is 17.2. The Kier molecular flexibility index (Phi) is 11.8. The molecule has 6 rings (SSSR count). The van der Waals surface area contributed by atoms with Crippen molar-refractivity contribution in [1.82, 2.24) is 5.32 Å². The highest BCUT2D eigenvalue weighted by atomic mass is 16.4. The first-order valence-corrected chi connectivity index (χ1v) is 17.8. The smallest absolute Gasteiger partial charge is 0.322 e. The molecule has 0 aliphatic carbocycles. The Bertz CT molecular complexity index is 2230. The molecule has 9 nitrogen and oxygen atoms in total. The van der Waals surface area contributed by atoms with Crippen LogP contribution in [0.15, 0.2) is 146 Å². The number of amides is 3. The van der Waals surface area contributed by atoms with Crippen molar-refractivity contribution in [2.45, 2.75) is 26.9 Å². The number of hydrogen-bond donors (Lipinski definition) is 3. The second-order valence-corrected chi connectivity index (χ2v) is 13.4. The van der Waals surface area contributed by atoms with Crippen molar-refractivity contribution in [2.75, 3.05) is 28.2 Å². The van der Waals surface area contributed by atoms with Gasteiger partial charge < -0.3 is 25.5 Å². The van der Waals surface area contributed by atoms with Crippen LogP contribution >= 0.6 is 0 Å². The highest BCUT2D eigenvalue weighted by molar-refractivity contribution is 6.08. The number of hydrogen-bond acceptors (Lipinski definition) is 5. The number of anilines is 3. The summed E-state index contributed by atoms with van der Waals surface area (Å²) < 4.78 is 0. The van der Waals surface area contributed by atoms with Gasteiger partial charge in [-0.3, -0.25) is 19.2 Å². The van der Waals surface area contributed by atoms with Crippen LogP contribution in [0.3, 0.4) is 0 Å². The molecule has 0 atom stereocenters. The van der Waals surface area contributed by atoms with E-state index in [4.69, 9.17) is 5.11 Å². The lowest BCUT2D eigenvalue weighted by Gasteiger charge is -2.26. The minimum absolute atomic E-state index is 0.139. The lowest BCUT2D eigenvalue weighted by molar-refractivity contribution is -0.135. The fourth-order valence-corrected chi connectivity index (χ4v) is 6.23. The van der Waals surface area contributed by atoms with Gasteiger partial charge in [0, 0.05) is 46.8 Å². The summed E-state index contributed by atoms with van der Waals surface area (Å²) in [5.74, 6) is -1.92. The molecule has 0 saturated heterocycles. The normalized spacial score (nSPS) is 10.9. The number of benzene rings is 6. The highest BCUT2D eigenvalue weighted by Crippen LogP contribution is 2.27. The third-order valence-electron chi connectivity index (χ3n) is 8.98. The van der Waals surface area contributed by atoms with E-state index in [1.54, 1.807) is 58.3 Å². The number of aliphatic carboxylic acids is 1. The molecular weight excluding hydrogens is 677 g/mol. The third-order valence-corrected chi connectivity index (χ3v) is 8.98. The fraction of sp³-hybridized carbons (Fsp3) is 0.156. The molecule has 272 valence electrons. The first kappa shape index (κ1) is 37.0.